The summed E-state index contributed by atoms with van der Waals surface area (Å²) >= 11 is 4.00. The number of carbonyl (C=O) groups is 1. The zero-order valence-electron chi connectivity index (χ0n) is 23.2. The lowest BCUT2D eigenvalue weighted by molar-refractivity contribution is 0.245. The number of thioether (sulfide) groups is 2. The molecule has 0 aromatic rings. The average Bonchev–Trinajstić information content (AvgIpc) is 2.85. The van der Waals surface area contributed by atoms with Crippen molar-refractivity contribution in [1.29, 1.82) is 0 Å². The minimum Gasteiger partial charge on any atom is -0.370 e. The van der Waals surface area contributed by atoms with Crippen molar-refractivity contribution in [1.82, 2.24) is 10.6 Å². The quantitative estimate of drug-likeness (QED) is 0.0599. The van der Waals surface area contributed by atoms with Crippen LogP contribution in [0.15, 0.2) is 4.99 Å². The molecule has 0 saturated carbocycles. The number of hydrogen-bond donors (Lipinski definition) is 3. The van der Waals surface area contributed by atoms with Gasteiger partial charge in [-0.05, 0) is 48.7 Å². The molecule has 208 valence electrons. The molecular weight excluding hydrogens is 472 g/mol. The van der Waals surface area contributed by atoms with Crippen molar-refractivity contribution >= 4 is 35.5 Å². The number of aliphatic imine (C=N–C) groups is 1. The van der Waals surface area contributed by atoms with Gasteiger partial charge in [-0.15, -0.1) is 0 Å². The Morgan fingerprint density at radius 1 is 0.629 bits per heavy atom. The molecule has 0 aliphatic heterocycles. The number of nitrogens with zero attached hydrogens (tertiary/aromatic N) is 1. The highest BCUT2D eigenvalue weighted by atomic mass is 32.2. The first kappa shape index (κ1) is 34.4. The molecule has 0 fully saturated rings. The van der Waals surface area contributed by atoms with Gasteiger partial charge in [-0.25, -0.2) is 4.79 Å². The second-order valence-electron chi connectivity index (χ2n) is 9.53. The fourth-order valence-corrected chi connectivity index (χ4v) is 5.73. The van der Waals surface area contributed by atoms with Gasteiger partial charge in [-0.3, -0.25) is 10.3 Å². The van der Waals surface area contributed by atoms with Crippen LogP contribution >= 0.6 is 23.5 Å². The number of hydrogen-bond acceptors (Lipinski definition) is 4. The molecule has 2 amide bonds. The fourth-order valence-electron chi connectivity index (χ4n) is 3.82. The van der Waals surface area contributed by atoms with Crippen molar-refractivity contribution in [2.75, 3.05) is 36.1 Å². The summed E-state index contributed by atoms with van der Waals surface area (Å²) in [6, 6.07) is -0.247. The Morgan fingerprint density at radius 3 is 1.57 bits per heavy atom. The molecule has 0 aromatic heterocycles. The van der Waals surface area contributed by atoms with Gasteiger partial charge in [-0.2, -0.15) is 23.5 Å². The molecule has 35 heavy (non-hydrogen) atoms. The van der Waals surface area contributed by atoms with E-state index in [9.17, 15) is 4.79 Å². The summed E-state index contributed by atoms with van der Waals surface area (Å²) in [6.45, 7) is 5.89. The van der Waals surface area contributed by atoms with Crippen LogP contribution in [-0.2, 0) is 0 Å². The normalized spacial score (nSPS) is 11.7. The summed E-state index contributed by atoms with van der Waals surface area (Å²) in [6.07, 6.45) is 24.0. The van der Waals surface area contributed by atoms with Crippen LogP contribution in [0.25, 0.3) is 0 Å². The molecule has 0 bridgehead atoms. The Balaban J connectivity index is 3.36. The van der Waals surface area contributed by atoms with Gasteiger partial charge >= 0.3 is 6.03 Å². The number of carbonyl (C=O) groups excluding carboxylic acids is 1. The van der Waals surface area contributed by atoms with Crippen LogP contribution in [-0.4, -0.2) is 48.1 Å². The van der Waals surface area contributed by atoms with E-state index in [0.29, 0.717) is 13.1 Å². The van der Waals surface area contributed by atoms with Crippen molar-refractivity contribution in [2.45, 2.75) is 129 Å². The minimum atomic E-state index is -0.247. The van der Waals surface area contributed by atoms with E-state index in [1.807, 2.05) is 23.5 Å². The third-order valence-electron chi connectivity index (χ3n) is 6.01. The van der Waals surface area contributed by atoms with Crippen molar-refractivity contribution < 1.29 is 4.79 Å². The summed E-state index contributed by atoms with van der Waals surface area (Å²) in [4.78, 5) is 16.2. The standard InChI is InChI=1S/C28H58N4OS2/c1-3-5-7-9-11-13-15-17-23-34-25-19-21-30-27(29)32-28(33)31-22-20-26-35-24-18-16-14-12-10-8-6-4-2/h3-26H2,1-2H3,(H4,29,30,31,32,33). The average molecular weight is 531 g/mol. The molecule has 0 heterocycles. The van der Waals surface area contributed by atoms with Crippen molar-refractivity contribution in [3.63, 3.8) is 0 Å². The van der Waals surface area contributed by atoms with Gasteiger partial charge in [0.25, 0.3) is 0 Å². The van der Waals surface area contributed by atoms with Crippen molar-refractivity contribution in [3.05, 3.63) is 0 Å². The smallest absolute Gasteiger partial charge is 0.321 e. The zero-order valence-corrected chi connectivity index (χ0v) is 24.9. The number of amides is 2. The van der Waals surface area contributed by atoms with E-state index in [1.54, 1.807) is 0 Å². The highest BCUT2D eigenvalue weighted by molar-refractivity contribution is 7.99. The Kier molecular flexibility index (Phi) is 29.2. The first-order chi connectivity index (χ1) is 17.2. The molecule has 0 saturated heterocycles. The number of rotatable bonds is 26. The lowest BCUT2D eigenvalue weighted by Gasteiger charge is -2.07. The summed E-state index contributed by atoms with van der Waals surface area (Å²) in [5, 5.41) is 5.50. The van der Waals surface area contributed by atoms with Gasteiger partial charge in [-0.1, -0.05) is 104 Å². The summed E-state index contributed by atoms with van der Waals surface area (Å²) in [7, 11) is 0. The van der Waals surface area contributed by atoms with Gasteiger partial charge in [0.2, 0.25) is 0 Å². The van der Waals surface area contributed by atoms with E-state index in [-0.39, 0.29) is 12.0 Å². The van der Waals surface area contributed by atoms with E-state index in [4.69, 9.17) is 5.73 Å². The predicted molar refractivity (Wildman–Crippen MR) is 162 cm³/mol. The van der Waals surface area contributed by atoms with Gasteiger partial charge in [0.05, 0.1) is 0 Å². The molecule has 0 spiro atoms. The molecular formula is C28H58N4OS2. The first-order valence-corrected chi connectivity index (χ1v) is 17.0. The van der Waals surface area contributed by atoms with Crippen LogP contribution in [0.5, 0.6) is 0 Å². The lowest BCUT2D eigenvalue weighted by Crippen LogP contribution is -2.43. The highest BCUT2D eigenvalue weighted by Gasteiger charge is 2.01. The minimum absolute atomic E-state index is 0.222. The van der Waals surface area contributed by atoms with Gasteiger partial charge in [0.1, 0.15) is 0 Å². The summed E-state index contributed by atoms with van der Waals surface area (Å²) in [5.41, 5.74) is 5.82. The monoisotopic (exact) mass is 530 g/mol. The van der Waals surface area contributed by atoms with Gasteiger partial charge in [0, 0.05) is 13.1 Å². The second-order valence-corrected chi connectivity index (χ2v) is 12.0. The Morgan fingerprint density at radius 2 is 1.06 bits per heavy atom. The van der Waals surface area contributed by atoms with Crippen LogP contribution in [0.2, 0.25) is 0 Å². The molecule has 4 N–H and O–H groups in total. The number of unbranched alkanes of at least 4 members (excludes halogenated alkanes) is 14. The van der Waals surface area contributed by atoms with E-state index in [2.05, 4.69) is 29.5 Å². The molecule has 5 nitrogen and oxygen atoms in total. The number of nitrogens with two attached hydrogens (primary N) is 1. The maximum Gasteiger partial charge on any atom is 0.321 e. The Labute approximate surface area is 226 Å². The molecule has 0 rings (SSSR count). The fraction of sp³-hybridized carbons (Fsp3) is 0.929. The van der Waals surface area contributed by atoms with Gasteiger partial charge in [0.15, 0.2) is 5.96 Å². The van der Waals surface area contributed by atoms with Crippen LogP contribution in [0.1, 0.15) is 129 Å². The molecule has 0 radical (unpaired) electrons. The highest BCUT2D eigenvalue weighted by Crippen LogP contribution is 2.13. The predicted octanol–water partition coefficient (Wildman–Crippen LogP) is 8.13. The Bertz CT molecular complexity index is 478. The lowest BCUT2D eigenvalue weighted by atomic mass is 10.1. The van der Waals surface area contributed by atoms with E-state index in [1.165, 1.54) is 114 Å². The number of urea groups is 1. The third-order valence-corrected chi connectivity index (χ3v) is 8.32. The largest absolute Gasteiger partial charge is 0.370 e. The van der Waals surface area contributed by atoms with Gasteiger partial charge < -0.3 is 11.1 Å². The second kappa shape index (κ2) is 29.7. The van der Waals surface area contributed by atoms with E-state index >= 15 is 0 Å². The zero-order chi connectivity index (χ0) is 25.7. The van der Waals surface area contributed by atoms with Crippen LogP contribution < -0.4 is 16.4 Å². The SMILES string of the molecule is CCCCCCCCCCSCCCN=C(N)NC(=O)NCCCSCCCCCCCCCC. The molecule has 0 aliphatic rings. The first-order valence-electron chi connectivity index (χ1n) is 14.7. The maximum atomic E-state index is 11.9. The van der Waals surface area contributed by atoms with Crippen LogP contribution in [0, 0.1) is 0 Å². The van der Waals surface area contributed by atoms with Crippen LogP contribution in [0.3, 0.4) is 0 Å². The van der Waals surface area contributed by atoms with E-state index < -0.39 is 0 Å². The molecule has 7 heteroatoms. The molecule has 0 aliphatic carbocycles. The molecule has 0 aromatic carbocycles. The molecule has 0 atom stereocenters. The van der Waals surface area contributed by atoms with Crippen LogP contribution in [0.4, 0.5) is 4.79 Å². The summed E-state index contributed by atoms with van der Waals surface area (Å²) < 4.78 is 0. The van der Waals surface area contributed by atoms with Crippen molar-refractivity contribution in [2.24, 2.45) is 10.7 Å². The number of guanidine groups is 1. The maximum absolute atomic E-state index is 11.9. The Hall–Kier alpha value is -0.560. The van der Waals surface area contributed by atoms with Crippen molar-refractivity contribution in [3.8, 4) is 0 Å². The number of nitrogens with one attached hydrogen (secondary N) is 2. The summed E-state index contributed by atoms with van der Waals surface area (Å²) in [5.74, 6) is 4.90. The van der Waals surface area contributed by atoms with E-state index in [0.717, 1.165) is 24.3 Å². The molecule has 0 unspecified atom stereocenters. The third kappa shape index (κ3) is 29.6. The topological polar surface area (TPSA) is 79.5 Å².